The smallest absolute Gasteiger partial charge is 0.0414 e. The molecule has 1 aliphatic rings. The molecule has 0 heterocycles. The van der Waals surface area contributed by atoms with Crippen LogP contribution in [-0.2, 0) is 0 Å². The molecule has 0 bridgehead atoms. The topological polar surface area (TPSA) is 0 Å². The molecule has 0 N–H and O–H groups in total. The van der Waals surface area contributed by atoms with Gasteiger partial charge >= 0.3 is 0 Å². The first kappa shape index (κ1) is 10.1. The van der Waals surface area contributed by atoms with Gasteiger partial charge in [-0.3, -0.25) is 0 Å². The van der Waals surface area contributed by atoms with Crippen LogP contribution in [0.25, 0.3) is 0 Å². The van der Waals surface area contributed by atoms with Gasteiger partial charge < -0.3 is 0 Å². The zero-order valence-electron chi connectivity index (χ0n) is 8.36. The van der Waals surface area contributed by atoms with E-state index in [4.69, 9.17) is 0 Å². The Morgan fingerprint density at radius 3 is 2.08 bits per heavy atom. The van der Waals surface area contributed by atoms with E-state index in [1.807, 2.05) is 0 Å². The second-order valence-electron chi connectivity index (χ2n) is 4.21. The molecular formula is C12H23. The molecule has 12 heavy (non-hydrogen) atoms. The van der Waals surface area contributed by atoms with Crippen molar-refractivity contribution < 1.29 is 0 Å². The van der Waals surface area contributed by atoms with Crippen molar-refractivity contribution >= 4 is 0 Å². The lowest BCUT2D eigenvalue weighted by atomic mass is 9.88. The fourth-order valence-corrected chi connectivity index (χ4v) is 2.26. The first-order chi connectivity index (χ1) is 5.93. The Bertz CT molecular complexity index is 85.5. The highest BCUT2D eigenvalue weighted by Crippen LogP contribution is 2.25. The van der Waals surface area contributed by atoms with Crippen molar-refractivity contribution in [2.24, 2.45) is 5.92 Å². The van der Waals surface area contributed by atoms with Gasteiger partial charge in [-0.2, -0.15) is 0 Å². The minimum Gasteiger partial charge on any atom is -0.0533 e. The van der Waals surface area contributed by atoms with Crippen LogP contribution in [0, 0.1) is 12.8 Å². The number of hydrogen-bond acceptors (Lipinski definition) is 0. The average molecular weight is 167 g/mol. The molecule has 0 amide bonds. The lowest BCUT2D eigenvalue weighted by molar-refractivity contribution is 0.352. The van der Waals surface area contributed by atoms with Crippen molar-refractivity contribution in [3.05, 3.63) is 6.92 Å². The second-order valence-corrected chi connectivity index (χ2v) is 4.21. The molecule has 1 fully saturated rings. The second kappa shape index (κ2) is 6.51. The van der Waals surface area contributed by atoms with Crippen molar-refractivity contribution in [1.29, 1.82) is 0 Å². The van der Waals surface area contributed by atoms with Gasteiger partial charge in [0.05, 0.1) is 0 Å². The Hall–Kier alpha value is 0. The summed E-state index contributed by atoms with van der Waals surface area (Å²) >= 11 is 0. The summed E-state index contributed by atoms with van der Waals surface area (Å²) in [5.41, 5.74) is 0. The summed E-state index contributed by atoms with van der Waals surface area (Å²) in [6, 6.07) is 0. The third-order valence-electron chi connectivity index (χ3n) is 3.09. The molecule has 0 aromatic rings. The van der Waals surface area contributed by atoms with E-state index in [-0.39, 0.29) is 0 Å². The molecule has 1 saturated carbocycles. The van der Waals surface area contributed by atoms with E-state index in [2.05, 4.69) is 6.92 Å². The summed E-state index contributed by atoms with van der Waals surface area (Å²) in [4.78, 5) is 0. The third kappa shape index (κ3) is 4.13. The maximum atomic E-state index is 3.91. The zero-order valence-corrected chi connectivity index (χ0v) is 8.36. The normalized spacial score (nSPS) is 21.8. The molecule has 0 aromatic carbocycles. The summed E-state index contributed by atoms with van der Waals surface area (Å²) in [7, 11) is 0. The van der Waals surface area contributed by atoms with Gasteiger partial charge in [0, 0.05) is 0 Å². The van der Waals surface area contributed by atoms with E-state index in [0.717, 1.165) is 12.3 Å². The van der Waals surface area contributed by atoms with Crippen LogP contribution >= 0.6 is 0 Å². The van der Waals surface area contributed by atoms with Gasteiger partial charge in [0.1, 0.15) is 0 Å². The molecular weight excluding hydrogens is 144 g/mol. The van der Waals surface area contributed by atoms with Gasteiger partial charge in [-0.15, -0.1) is 0 Å². The van der Waals surface area contributed by atoms with Crippen LogP contribution in [0.3, 0.4) is 0 Å². The van der Waals surface area contributed by atoms with Crippen molar-refractivity contribution in [2.45, 2.75) is 64.2 Å². The van der Waals surface area contributed by atoms with Gasteiger partial charge in [-0.1, -0.05) is 71.1 Å². The highest BCUT2D eigenvalue weighted by Gasteiger charge is 2.09. The minimum absolute atomic E-state index is 1.05. The Morgan fingerprint density at radius 1 is 0.917 bits per heavy atom. The van der Waals surface area contributed by atoms with Gasteiger partial charge in [-0.25, -0.2) is 0 Å². The van der Waals surface area contributed by atoms with Gasteiger partial charge in [0.25, 0.3) is 0 Å². The molecule has 1 radical (unpaired) electrons. The summed E-state index contributed by atoms with van der Waals surface area (Å²) in [5, 5.41) is 0. The molecule has 0 unspecified atom stereocenters. The summed E-state index contributed by atoms with van der Waals surface area (Å²) in [6.07, 6.45) is 14.4. The highest BCUT2D eigenvalue weighted by molar-refractivity contribution is 4.64. The summed E-state index contributed by atoms with van der Waals surface area (Å²) in [5.74, 6) is 1.05. The molecule has 71 valence electrons. The SMILES string of the molecule is [CH2]CCCC1CCCCCCC1. The summed E-state index contributed by atoms with van der Waals surface area (Å²) in [6.45, 7) is 3.91. The predicted molar refractivity (Wildman–Crippen MR) is 55.0 cm³/mol. The van der Waals surface area contributed by atoms with Crippen LogP contribution in [0.1, 0.15) is 64.2 Å². The van der Waals surface area contributed by atoms with Crippen molar-refractivity contribution in [3.8, 4) is 0 Å². The van der Waals surface area contributed by atoms with E-state index < -0.39 is 0 Å². The first-order valence-electron chi connectivity index (χ1n) is 5.72. The van der Waals surface area contributed by atoms with Gasteiger partial charge in [0.2, 0.25) is 0 Å². The first-order valence-corrected chi connectivity index (χ1v) is 5.72. The monoisotopic (exact) mass is 167 g/mol. The van der Waals surface area contributed by atoms with Crippen molar-refractivity contribution in [2.75, 3.05) is 0 Å². The van der Waals surface area contributed by atoms with Crippen LogP contribution in [0.5, 0.6) is 0 Å². The van der Waals surface area contributed by atoms with E-state index in [1.165, 1.54) is 57.8 Å². The molecule has 1 rings (SSSR count). The van der Waals surface area contributed by atoms with Gasteiger partial charge in [0.15, 0.2) is 0 Å². The van der Waals surface area contributed by atoms with Crippen LogP contribution in [0.4, 0.5) is 0 Å². The largest absolute Gasteiger partial charge is 0.0533 e. The molecule has 0 nitrogen and oxygen atoms in total. The Kier molecular flexibility index (Phi) is 5.47. The Morgan fingerprint density at radius 2 is 1.50 bits per heavy atom. The van der Waals surface area contributed by atoms with Crippen LogP contribution in [0.15, 0.2) is 0 Å². The zero-order chi connectivity index (χ0) is 8.65. The van der Waals surface area contributed by atoms with E-state index >= 15 is 0 Å². The third-order valence-corrected chi connectivity index (χ3v) is 3.09. The Balaban J connectivity index is 2.11. The van der Waals surface area contributed by atoms with Crippen molar-refractivity contribution in [1.82, 2.24) is 0 Å². The molecule has 0 heteroatoms. The fraction of sp³-hybridized carbons (Fsp3) is 0.917. The molecule has 1 aliphatic carbocycles. The van der Waals surface area contributed by atoms with E-state index in [0.29, 0.717) is 0 Å². The highest BCUT2D eigenvalue weighted by atomic mass is 14.2. The number of unbranched alkanes of at least 4 members (excludes halogenated alkanes) is 1. The lowest BCUT2D eigenvalue weighted by Gasteiger charge is -2.18. The van der Waals surface area contributed by atoms with E-state index in [1.54, 1.807) is 0 Å². The predicted octanol–water partition coefficient (Wildman–Crippen LogP) is 4.35. The number of hydrogen-bond donors (Lipinski definition) is 0. The molecule has 0 aliphatic heterocycles. The molecule has 0 atom stereocenters. The summed E-state index contributed by atoms with van der Waals surface area (Å²) < 4.78 is 0. The number of rotatable bonds is 3. The van der Waals surface area contributed by atoms with Gasteiger partial charge in [-0.05, 0) is 5.92 Å². The molecule has 0 saturated heterocycles. The standard InChI is InChI=1S/C12H23/c1-2-3-9-12-10-7-5-4-6-8-11-12/h12H,1-11H2. The maximum absolute atomic E-state index is 3.91. The Labute approximate surface area is 77.7 Å². The quantitative estimate of drug-likeness (QED) is 0.586. The van der Waals surface area contributed by atoms with Crippen molar-refractivity contribution in [3.63, 3.8) is 0 Å². The van der Waals surface area contributed by atoms with Crippen LogP contribution in [-0.4, -0.2) is 0 Å². The minimum atomic E-state index is 1.05. The molecule has 0 spiro atoms. The van der Waals surface area contributed by atoms with Crippen LogP contribution in [0.2, 0.25) is 0 Å². The molecule has 0 aromatic heterocycles. The average Bonchev–Trinajstić information content (AvgIpc) is 2.02. The fourth-order valence-electron chi connectivity index (χ4n) is 2.26. The van der Waals surface area contributed by atoms with E-state index in [9.17, 15) is 0 Å². The maximum Gasteiger partial charge on any atom is -0.0414 e. The lowest BCUT2D eigenvalue weighted by Crippen LogP contribution is -2.03. The van der Waals surface area contributed by atoms with Crippen LogP contribution < -0.4 is 0 Å².